The third-order valence-corrected chi connectivity index (χ3v) is 3.70. The Morgan fingerprint density at radius 2 is 2.35 bits per heavy atom. The average Bonchev–Trinajstić information content (AvgIpc) is 3.02. The summed E-state index contributed by atoms with van der Waals surface area (Å²) in [5.41, 5.74) is 5.89. The molecule has 0 aromatic carbocycles. The van der Waals surface area contributed by atoms with E-state index in [9.17, 15) is 0 Å². The second-order valence-corrected chi connectivity index (χ2v) is 5.52. The number of hydrogen-bond acceptors (Lipinski definition) is 3. The maximum atomic E-state index is 5.89. The molecule has 0 unspecified atom stereocenters. The molecule has 96 valence electrons. The lowest BCUT2D eigenvalue weighted by Gasteiger charge is -2.16. The van der Waals surface area contributed by atoms with Crippen LogP contribution in [0.1, 0.15) is 22.7 Å². The van der Waals surface area contributed by atoms with Gasteiger partial charge in [-0.2, -0.15) is 0 Å². The van der Waals surface area contributed by atoms with Crippen molar-refractivity contribution in [3.63, 3.8) is 0 Å². The molecule has 1 saturated carbocycles. The lowest BCUT2D eigenvalue weighted by atomic mass is 10.4. The molecule has 0 aliphatic heterocycles. The van der Waals surface area contributed by atoms with E-state index in [1.807, 2.05) is 13.2 Å². The van der Waals surface area contributed by atoms with Crippen LogP contribution in [0, 0.1) is 6.92 Å². The van der Waals surface area contributed by atoms with E-state index in [2.05, 4.69) is 21.8 Å². The van der Waals surface area contributed by atoms with Crippen LogP contribution < -0.4 is 5.73 Å². The molecule has 2 rings (SSSR count). The Kier molecular flexibility index (Phi) is 5.64. The third kappa shape index (κ3) is 4.42. The van der Waals surface area contributed by atoms with Gasteiger partial charge in [0, 0.05) is 37.1 Å². The lowest BCUT2D eigenvalue weighted by Crippen LogP contribution is -2.35. The molecule has 1 aromatic heterocycles. The predicted octanol–water partition coefficient (Wildman–Crippen LogP) is 2.02. The first kappa shape index (κ1) is 14.7. The summed E-state index contributed by atoms with van der Waals surface area (Å²) in [4.78, 5) is 12.0. The Morgan fingerprint density at radius 3 is 2.88 bits per heavy atom. The number of aliphatic imine (C=N–C) groups is 1. The quantitative estimate of drug-likeness (QED) is 0.504. The van der Waals surface area contributed by atoms with Crippen LogP contribution in [0.3, 0.4) is 0 Å². The minimum Gasteiger partial charge on any atom is -0.370 e. The van der Waals surface area contributed by atoms with Gasteiger partial charge in [0.25, 0.3) is 0 Å². The van der Waals surface area contributed by atoms with Crippen molar-refractivity contribution >= 4 is 41.3 Å². The second-order valence-electron chi connectivity index (χ2n) is 4.20. The van der Waals surface area contributed by atoms with E-state index in [4.69, 9.17) is 5.73 Å². The number of rotatable bonds is 4. The summed E-state index contributed by atoms with van der Waals surface area (Å²) in [6.07, 6.45) is 5.29. The number of guanidine groups is 1. The van der Waals surface area contributed by atoms with Crippen LogP contribution in [0.25, 0.3) is 0 Å². The van der Waals surface area contributed by atoms with Gasteiger partial charge in [-0.05, 0) is 19.8 Å². The minimum absolute atomic E-state index is 0. The van der Waals surface area contributed by atoms with Crippen LogP contribution in [0.5, 0.6) is 0 Å². The van der Waals surface area contributed by atoms with Crippen molar-refractivity contribution in [2.75, 3.05) is 13.6 Å². The predicted molar refractivity (Wildman–Crippen MR) is 83.2 cm³/mol. The summed E-state index contributed by atoms with van der Waals surface area (Å²) in [7, 11) is 2.02. The summed E-state index contributed by atoms with van der Waals surface area (Å²) in [5, 5.41) is 1.14. The Morgan fingerprint density at radius 1 is 1.65 bits per heavy atom. The normalized spacial score (nSPS) is 15.5. The van der Waals surface area contributed by atoms with Crippen molar-refractivity contribution in [3.8, 4) is 0 Å². The topological polar surface area (TPSA) is 54.5 Å². The Bertz CT molecular complexity index is 387. The highest BCUT2D eigenvalue weighted by Gasteiger charge is 2.27. The van der Waals surface area contributed by atoms with E-state index in [0.29, 0.717) is 12.0 Å². The van der Waals surface area contributed by atoms with Gasteiger partial charge in [0.05, 0.1) is 5.01 Å². The minimum atomic E-state index is 0. The summed E-state index contributed by atoms with van der Waals surface area (Å²) < 4.78 is 0. The van der Waals surface area contributed by atoms with Crippen molar-refractivity contribution < 1.29 is 0 Å². The first-order chi connectivity index (χ1) is 7.66. The largest absolute Gasteiger partial charge is 0.370 e. The van der Waals surface area contributed by atoms with Crippen LogP contribution in [0.15, 0.2) is 11.2 Å². The highest BCUT2D eigenvalue weighted by atomic mass is 127. The molecule has 0 spiro atoms. The summed E-state index contributed by atoms with van der Waals surface area (Å²) in [5.74, 6) is 0.663. The molecule has 4 nitrogen and oxygen atoms in total. The molecule has 0 amide bonds. The molecule has 1 aliphatic rings. The highest BCUT2D eigenvalue weighted by molar-refractivity contribution is 14.0. The maximum absolute atomic E-state index is 5.89. The average molecular weight is 366 g/mol. The van der Waals surface area contributed by atoms with E-state index in [0.717, 1.165) is 18.0 Å². The van der Waals surface area contributed by atoms with Gasteiger partial charge in [-0.15, -0.1) is 35.3 Å². The van der Waals surface area contributed by atoms with E-state index in [1.165, 1.54) is 17.7 Å². The Labute approximate surface area is 123 Å². The molecule has 0 radical (unpaired) electrons. The van der Waals surface area contributed by atoms with Crippen LogP contribution in [-0.4, -0.2) is 35.5 Å². The summed E-state index contributed by atoms with van der Waals surface area (Å²) >= 11 is 1.73. The Hall–Kier alpha value is -0.370. The van der Waals surface area contributed by atoms with E-state index in [1.54, 1.807) is 11.3 Å². The van der Waals surface area contributed by atoms with Gasteiger partial charge < -0.3 is 10.6 Å². The number of halogens is 1. The summed E-state index contributed by atoms with van der Waals surface area (Å²) in [6.45, 7) is 2.80. The Balaban J connectivity index is 0.00000144. The van der Waals surface area contributed by atoms with Gasteiger partial charge in [-0.25, -0.2) is 4.98 Å². The molecule has 17 heavy (non-hydrogen) atoms. The zero-order chi connectivity index (χ0) is 11.5. The van der Waals surface area contributed by atoms with Crippen LogP contribution in [0.4, 0.5) is 0 Å². The third-order valence-electron chi connectivity index (χ3n) is 2.72. The standard InChI is InChI=1S/C11H18N4S.HI/c1-8-7-14-10(16-8)5-6-13-11(12)15(2)9-3-4-9;/h7,9H,3-6H2,1-2H3,(H2,12,13);1H. The summed E-state index contributed by atoms with van der Waals surface area (Å²) in [6, 6.07) is 0.630. The number of aryl methyl sites for hydroxylation is 1. The molecule has 0 saturated heterocycles. The van der Waals surface area contributed by atoms with E-state index in [-0.39, 0.29) is 24.0 Å². The number of hydrogen-bond donors (Lipinski definition) is 1. The molecule has 1 aromatic rings. The fourth-order valence-corrected chi connectivity index (χ4v) is 2.32. The van der Waals surface area contributed by atoms with Crippen LogP contribution in [-0.2, 0) is 6.42 Å². The van der Waals surface area contributed by atoms with Gasteiger partial charge in [0.1, 0.15) is 0 Å². The number of nitrogens with zero attached hydrogens (tertiary/aromatic N) is 3. The van der Waals surface area contributed by atoms with Crippen molar-refractivity contribution in [2.45, 2.75) is 32.2 Å². The van der Waals surface area contributed by atoms with Crippen molar-refractivity contribution in [1.29, 1.82) is 0 Å². The molecule has 6 heteroatoms. The maximum Gasteiger partial charge on any atom is 0.191 e. The fourth-order valence-electron chi connectivity index (χ4n) is 1.54. The smallest absolute Gasteiger partial charge is 0.191 e. The van der Waals surface area contributed by atoms with Gasteiger partial charge in [-0.1, -0.05) is 0 Å². The van der Waals surface area contributed by atoms with E-state index >= 15 is 0 Å². The van der Waals surface area contributed by atoms with Crippen molar-refractivity contribution in [1.82, 2.24) is 9.88 Å². The van der Waals surface area contributed by atoms with Gasteiger partial charge in [-0.3, -0.25) is 4.99 Å². The fraction of sp³-hybridized carbons (Fsp3) is 0.636. The molecule has 0 atom stereocenters. The lowest BCUT2D eigenvalue weighted by molar-refractivity contribution is 0.487. The molecule has 1 fully saturated rings. The van der Waals surface area contributed by atoms with E-state index < -0.39 is 0 Å². The molecule has 1 aliphatic carbocycles. The molecular weight excluding hydrogens is 347 g/mol. The number of thiazole rings is 1. The molecule has 1 heterocycles. The highest BCUT2D eigenvalue weighted by Crippen LogP contribution is 2.24. The van der Waals surface area contributed by atoms with Gasteiger partial charge in [0.15, 0.2) is 5.96 Å². The van der Waals surface area contributed by atoms with Crippen LogP contribution >= 0.6 is 35.3 Å². The van der Waals surface area contributed by atoms with Crippen LogP contribution in [0.2, 0.25) is 0 Å². The number of aromatic nitrogens is 1. The monoisotopic (exact) mass is 366 g/mol. The zero-order valence-corrected chi connectivity index (χ0v) is 13.4. The second kappa shape index (κ2) is 6.53. The SMILES string of the molecule is Cc1cnc(CCN=C(N)N(C)C2CC2)s1.I. The first-order valence-corrected chi connectivity index (χ1v) is 6.42. The zero-order valence-electron chi connectivity index (χ0n) is 10.2. The van der Waals surface area contributed by atoms with Gasteiger partial charge in [0.2, 0.25) is 0 Å². The molecule has 0 bridgehead atoms. The molecule has 2 N–H and O–H groups in total. The first-order valence-electron chi connectivity index (χ1n) is 5.61. The molecular formula is C11H19IN4S. The van der Waals surface area contributed by atoms with Crippen molar-refractivity contribution in [2.24, 2.45) is 10.7 Å². The van der Waals surface area contributed by atoms with Gasteiger partial charge >= 0.3 is 0 Å². The van der Waals surface area contributed by atoms with Crippen molar-refractivity contribution in [3.05, 3.63) is 16.1 Å². The number of nitrogens with two attached hydrogens (primary N) is 1.